The van der Waals surface area contributed by atoms with E-state index in [-0.39, 0.29) is 17.5 Å². The van der Waals surface area contributed by atoms with Gasteiger partial charge in [0.2, 0.25) is 0 Å². The zero-order valence-corrected chi connectivity index (χ0v) is 21.5. The zero-order chi connectivity index (χ0) is 26.0. The van der Waals surface area contributed by atoms with Gasteiger partial charge in [0.25, 0.3) is 5.91 Å². The maximum Gasteiger partial charge on any atom is 0.339 e. The van der Waals surface area contributed by atoms with Crippen LogP contribution in [0, 0.1) is 0 Å². The molecule has 2 aromatic carbocycles. The average molecular weight is 513 g/mol. The lowest BCUT2D eigenvalue weighted by atomic mass is 10.2. The molecule has 1 N–H and O–H groups in total. The number of anilines is 1. The second-order valence-corrected chi connectivity index (χ2v) is 9.30. The number of hydrogen-bond acceptors (Lipinski definition) is 6. The Morgan fingerprint density at radius 1 is 1.08 bits per heavy atom. The minimum Gasteiger partial charge on any atom is -0.465 e. The molecular weight excluding hydrogens is 484 g/mol. The van der Waals surface area contributed by atoms with Crippen molar-refractivity contribution in [2.45, 2.75) is 6.54 Å². The van der Waals surface area contributed by atoms with E-state index in [0.717, 1.165) is 16.9 Å². The molecule has 1 aromatic heterocycles. The number of nitrogens with one attached hydrogen (secondary N) is 1. The Labute approximate surface area is 214 Å². The topological polar surface area (TPSA) is 100 Å². The lowest BCUT2D eigenvalue weighted by Gasteiger charge is -2.34. The first-order chi connectivity index (χ1) is 17.2. The van der Waals surface area contributed by atoms with Crippen molar-refractivity contribution < 1.29 is 19.1 Å². The number of urea groups is 1. The van der Waals surface area contributed by atoms with Gasteiger partial charge in [-0.05, 0) is 36.4 Å². The van der Waals surface area contributed by atoms with Crippen LogP contribution in [0.15, 0.2) is 36.4 Å². The van der Waals surface area contributed by atoms with E-state index in [1.165, 1.54) is 19.2 Å². The summed E-state index contributed by atoms with van der Waals surface area (Å²) in [6.45, 7) is 3.00. The van der Waals surface area contributed by atoms with Crippen molar-refractivity contribution in [3.8, 4) is 0 Å². The van der Waals surface area contributed by atoms with E-state index < -0.39 is 5.97 Å². The molecule has 1 fully saturated rings. The third kappa shape index (κ3) is 5.29. The molecule has 1 aliphatic heterocycles. The summed E-state index contributed by atoms with van der Waals surface area (Å²) in [5.41, 5.74) is 2.90. The van der Waals surface area contributed by atoms with Crippen LogP contribution in [0.5, 0.6) is 0 Å². The predicted octanol–water partition coefficient (Wildman–Crippen LogP) is 3.06. The SMILES string of the molecule is COC(=O)c1ccc(Cl)cc1NC(=O)N1CCN(Cc2nc3cc(C(=O)N(C)C)ccc3n2C)CC1. The van der Waals surface area contributed by atoms with E-state index in [9.17, 15) is 14.4 Å². The van der Waals surface area contributed by atoms with Crippen LogP contribution in [0.1, 0.15) is 26.5 Å². The second kappa shape index (κ2) is 10.5. The van der Waals surface area contributed by atoms with Gasteiger partial charge in [0.05, 0.1) is 35.9 Å². The van der Waals surface area contributed by atoms with Crippen molar-refractivity contribution in [3.63, 3.8) is 0 Å². The standard InChI is InChI=1S/C25H29ClN6O4/c1-29(2)23(33)16-5-8-21-20(13-16)27-22(30(21)3)15-31-9-11-32(12-10-31)25(35)28-19-14-17(26)6-7-18(19)24(34)36-4/h5-8,13-14H,9-12,15H2,1-4H3,(H,28,35). The van der Waals surface area contributed by atoms with Crippen molar-refractivity contribution in [1.29, 1.82) is 0 Å². The molecule has 1 aliphatic rings. The molecule has 0 radical (unpaired) electrons. The fraction of sp³-hybridized carbons (Fsp3) is 0.360. The number of methoxy groups -OCH3 is 1. The van der Waals surface area contributed by atoms with Crippen molar-refractivity contribution in [3.05, 3.63) is 58.4 Å². The molecule has 10 nitrogen and oxygen atoms in total. The van der Waals surface area contributed by atoms with E-state index in [2.05, 4.69) is 10.2 Å². The Bertz CT molecular complexity index is 1310. The van der Waals surface area contributed by atoms with Gasteiger partial charge in [-0.25, -0.2) is 14.6 Å². The monoisotopic (exact) mass is 512 g/mol. The van der Waals surface area contributed by atoms with Gasteiger partial charge in [-0.1, -0.05) is 11.6 Å². The van der Waals surface area contributed by atoms with Gasteiger partial charge >= 0.3 is 12.0 Å². The van der Waals surface area contributed by atoms with E-state index in [4.69, 9.17) is 21.3 Å². The maximum atomic E-state index is 12.9. The predicted molar refractivity (Wildman–Crippen MR) is 137 cm³/mol. The van der Waals surface area contributed by atoms with Gasteiger partial charge in [-0.3, -0.25) is 9.69 Å². The highest BCUT2D eigenvalue weighted by molar-refractivity contribution is 6.31. The fourth-order valence-corrected chi connectivity index (χ4v) is 4.37. The molecule has 3 amide bonds. The summed E-state index contributed by atoms with van der Waals surface area (Å²) in [7, 11) is 6.70. The number of carbonyl (C=O) groups is 3. The van der Waals surface area contributed by atoms with Crippen LogP contribution in [0.2, 0.25) is 5.02 Å². The minimum atomic E-state index is -0.549. The highest BCUT2D eigenvalue weighted by Gasteiger charge is 2.24. The van der Waals surface area contributed by atoms with Crippen LogP contribution >= 0.6 is 11.6 Å². The number of ether oxygens (including phenoxy) is 1. The molecule has 190 valence electrons. The molecule has 0 spiro atoms. The van der Waals surface area contributed by atoms with Crippen LogP contribution in [-0.4, -0.2) is 89.5 Å². The lowest BCUT2D eigenvalue weighted by molar-refractivity contribution is 0.0601. The quantitative estimate of drug-likeness (QED) is 0.527. The van der Waals surface area contributed by atoms with Gasteiger partial charge in [0.1, 0.15) is 5.82 Å². The molecule has 0 unspecified atom stereocenters. The average Bonchev–Trinajstić information content (AvgIpc) is 3.17. The number of esters is 1. The number of hydrogen-bond donors (Lipinski definition) is 1. The maximum absolute atomic E-state index is 12.9. The number of nitrogens with zero attached hydrogens (tertiary/aromatic N) is 5. The first-order valence-electron chi connectivity index (χ1n) is 11.5. The Morgan fingerprint density at radius 3 is 2.47 bits per heavy atom. The Balaban J connectivity index is 1.39. The van der Waals surface area contributed by atoms with E-state index >= 15 is 0 Å². The normalized spacial score (nSPS) is 14.1. The summed E-state index contributed by atoms with van der Waals surface area (Å²) in [6, 6.07) is 9.89. The summed E-state index contributed by atoms with van der Waals surface area (Å²) in [5.74, 6) is 0.279. The smallest absolute Gasteiger partial charge is 0.339 e. The first kappa shape index (κ1) is 25.5. The highest BCUT2D eigenvalue weighted by Crippen LogP contribution is 2.23. The first-order valence-corrected chi connectivity index (χ1v) is 11.9. The molecule has 0 aliphatic carbocycles. The number of amides is 3. The summed E-state index contributed by atoms with van der Waals surface area (Å²) in [6.07, 6.45) is 0. The van der Waals surface area contributed by atoms with Gasteiger partial charge in [-0.15, -0.1) is 0 Å². The van der Waals surface area contributed by atoms with Gasteiger partial charge in [0.15, 0.2) is 0 Å². The molecular formula is C25H29ClN6O4. The van der Waals surface area contributed by atoms with Gasteiger partial charge < -0.3 is 24.4 Å². The molecule has 4 rings (SSSR count). The fourth-order valence-electron chi connectivity index (χ4n) is 4.19. The molecule has 11 heteroatoms. The molecule has 2 heterocycles. The number of halogens is 1. The Morgan fingerprint density at radius 2 is 1.81 bits per heavy atom. The number of fused-ring (bicyclic) bond motifs is 1. The summed E-state index contributed by atoms with van der Waals surface area (Å²) in [5, 5.41) is 3.19. The van der Waals surface area contributed by atoms with Crippen LogP contribution in [0.25, 0.3) is 11.0 Å². The molecule has 0 atom stereocenters. The third-order valence-corrected chi connectivity index (χ3v) is 6.51. The van der Waals surface area contributed by atoms with E-state index in [1.54, 1.807) is 30.0 Å². The summed E-state index contributed by atoms with van der Waals surface area (Å²) >= 11 is 6.06. The summed E-state index contributed by atoms with van der Waals surface area (Å²) in [4.78, 5) is 47.4. The highest BCUT2D eigenvalue weighted by atomic mass is 35.5. The number of aromatic nitrogens is 2. The molecule has 3 aromatic rings. The number of aryl methyl sites for hydroxylation is 1. The third-order valence-electron chi connectivity index (χ3n) is 6.28. The summed E-state index contributed by atoms with van der Waals surface area (Å²) < 4.78 is 6.83. The van der Waals surface area contributed by atoms with Crippen molar-refractivity contribution in [2.24, 2.45) is 7.05 Å². The second-order valence-electron chi connectivity index (χ2n) is 8.86. The van der Waals surface area contributed by atoms with Crippen LogP contribution in [-0.2, 0) is 18.3 Å². The molecule has 36 heavy (non-hydrogen) atoms. The van der Waals surface area contributed by atoms with Crippen molar-refractivity contribution >= 4 is 46.2 Å². The number of rotatable bonds is 5. The number of imidazole rings is 1. The zero-order valence-electron chi connectivity index (χ0n) is 20.7. The number of piperazine rings is 1. The Hall–Kier alpha value is -3.63. The van der Waals surface area contributed by atoms with E-state index in [0.29, 0.717) is 49.0 Å². The van der Waals surface area contributed by atoms with E-state index in [1.807, 2.05) is 29.8 Å². The van der Waals surface area contributed by atoms with Crippen LogP contribution in [0.4, 0.5) is 10.5 Å². The molecule has 0 bridgehead atoms. The lowest BCUT2D eigenvalue weighted by Crippen LogP contribution is -2.49. The van der Waals surface area contributed by atoms with Crippen molar-refractivity contribution in [2.75, 3.05) is 52.7 Å². The number of benzene rings is 2. The largest absolute Gasteiger partial charge is 0.465 e. The van der Waals surface area contributed by atoms with Crippen LogP contribution < -0.4 is 5.32 Å². The van der Waals surface area contributed by atoms with Gasteiger partial charge in [0, 0.05) is 57.9 Å². The van der Waals surface area contributed by atoms with Crippen molar-refractivity contribution in [1.82, 2.24) is 24.3 Å². The Kier molecular flexibility index (Phi) is 7.46. The van der Waals surface area contributed by atoms with Crippen LogP contribution in [0.3, 0.4) is 0 Å². The van der Waals surface area contributed by atoms with Gasteiger partial charge in [-0.2, -0.15) is 0 Å². The molecule has 1 saturated heterocycles. The minimum absolute atomic E-state index is 0.0602. The molecule has 0 saturated carbocycles. The number of carbonyl (C=O) groups excluding carboxylic acids is 3.